The molecule has 0 aliphatic carbocycles. The van der Waals surface area contributed by atoms with Crippen LogP contribution in [0.1, 0.15) is 49.4 Å². The quantitative estimate of drug-likeness (QED) is 0.829. The largest absolute Gasteiger partial charge is 0.326 e. The van der Waals surface area contributed by atoms with Crippen LogP contribution in [0.3, 0.4) is 0 Å². The van der Waals surface area contributed by atoms with Gasteiger partial charge in [-0.1, -0.05) is 57.2 Å². The highest BCUT2D eigenvalue weighted by molar-refractivity contribution is 5.91. The van der Waals surface area contributed by atoms with Crippen molar-refractivity contribution in [2.45, 2.75) is 52.9 Å². The summed E-state index contributed by atoms with van der Waals surface area (Å²) in [6.45, 7) is 10.7. The van der Waals surface area contributed by atoms with Crippen LogP contribution in [0.2, 0.25) is 0 Å². The molecule has 2 nitrogen and oxygen atoms in total. The summed E-state index contributed by atoms with van der Waals surface area (Å²) < 4.78 is 0. The number of anilines is 1. The molecule has 2 aromatic rings. The number of nitrogens with one attached hydrogen (secondary N) is 1. The van der Waals surface area contributed by atoms with E-state index in [1.54, 1.807) is 0 Å². The van der Waals surface area contributed by atoms with Gasteiger partial charge < -0.3 is 5.32 Å². The molecule has 0 saturated heterocycles. The Morgan fingerprint density at radius 1 is 1.00 bits per heavy atom. The SMILES string of the molecule is Cc1ccc(C)c(NC(=O)CCc2ccc(C(C)(C)C)cc2)c1. The van der Waals surface area contributed by atoms with E-state index in [-0.39, 0.29) is 11.3 Å². The van der Waals surface area contributed by atoms with Crippen molar-refractivity contribution in [2.75, 3.05) is 5.32 Å². The number of hydrogen-bond donors (Lipinski definition) is 1. The van der Waals surface area contributed by atoms with Gasteiger partial charge >= 0.3 is 0 Å². The summed E-state index contributed by atoms with van der Waals surface area (Å²) in [4.78, 5) is 12.2. The molecule has 0 saturated carbocycles. The number of rotatable bonds is 4. The molecular weight excluding hydrogens is 282 g/mol. The van der Waals surface area contributed by atoms with E-state index in [1.807, 2.05) is 26.0 Å². The maximum absolute atomic E-state index is 12.2. The van der Waals surface area contributed by atoms with Gasteiger partial charge in [0.1, 0.15) is 0 Å². The molecule has 23 heavy (non-hydrogen) atoms. The minimum Gasteiger partial charge on any atom is -0.326 e. The number of aryl methyl sites for hydroxylation is 3. The lowest BCUT2D eigenvalue weighted by Crippen LogP contribution is -2.13. The number of carbonyl (C=O) groups is 1. The van der Waals surface area contributed by atoms with Crippen molar-refractivity contribution in [1.82, 2.24) is 0 Å². The zero-order valence-corrected chi connectivity index (χ0v) is 14.9. The molecular formula is C21H27NO. The molecule has 0 aliphatic heterocycles. The Morgan fingerprint density at radius 2 is 1.65 bits per heavy atom. The molecule has 0 spiro atoms. The maximum Gasteiger partial charge on any atom is 0.224 e. The molecule has 0 heterocycles. The van der Waals surface area contributed by atoms with Crippen LogP contribution in [0.5, 0.6) is 0 Å². The van der Waals surface area contributed by atoms with Crippen LogP contribution in [-0.4, -0.2) is 5.91 Å². The van der Waals surface area contributed by atoms with Gasteiger partial charge in [0.25, 0.3) is 0 Å². The summed E-state index contributed by atoms with van der Waals surface area (Å²) in [6, 6.07) is 14.7. The zero-order chi connectivity index (χ0) is 17.0. The van der Waals surface area contributed by atoms with E-state index in [0.29, 0.717) is 6.42 Å². The Balaban J connectivity index is 1.93. The summed E-state index contributed by atoms with van der Waals surface area (Å²) in [6.07, 6.45) is 1.27. The second-order valence-electron chi connectivity index (χ2n) is 7.31. The van der Waals surface area contributed by atoms with Crippen LogP contribution in [0, 0.1) is 13.8 Å². The van der Waals surface area contributed by atoms with Crippen LogP contribution in [-0.2, 0) is 16.6 Å². The third-order valence-electron chi connectivity index (χ3n) is 4.13. The van der Waals surface area contributed by atoms with Gasteiger partial charge in [0.2, 0.25) is 5.91 Å². The average Bonchev–Trinajstić information content (AvgIpc) is 2.48. The minimum absolute atomic E-state index is 0.0681. The van der Waals surface area contributed by atoms with E-state index in [2.05, 4.69) is 56.4 Å². The molecule has 0 aliphatic rings. The molecule has 122 valence electrons. The van der Waals surface area contributed by atoms with E-state index in [1.165, 1.54) is 11.1 Å². The van der Waals surface area contributed by atoms with E-state index in [4.69, 9.17) is 0 Å². The molecule has 1 amide bonds. The standard InChI is InChI=1S/C21H27NO/c1-15-6-7-16(2)19(14-15)22-20(23)13-10-17-8-11-18(12-9-17)21(3,4)5/h6-9,11-12,14H,10,13H2,1-5H3,(H,22,23). The highest BCUT2D eigenvalue weighted by atomic mass is 16.1. The number of hydrogen-bond acceptors (Lipinski definition) is 1. The van der Waals surface area contributed by atoms with Gasteiger partial charge in [-0.25, -0.2) is 0 Å². The topological polar surface area (TPSA) is 29.1 Å². The number of carbonyl (C=O) groups excluding carboxylic acids is 1. The Kier molecular flexibility index (Phi) is 5.25. The van der Waals surface area contributed by atoms with Gasteiger partial charge in [0.05, 0.1) is 0 Å². The third kappa shape index (κ3) is 4.95. The van der Waals surface area contributed by atoms with Crippen molar-refractivity contribution in [1.29, 1.82) is 0 Å². The van der Waals surface area contributed by atoms with Crippen molar-refractivity contribution in [3.05, 3.63) is 64.7 Å². The first-order chi connectivity index (χ1) is 10.8. The van der Waals surface area contributed by atoms with E-state index >= 15 is 0 Å². The first-order valence-corrected chi connectivity index (χ1v) is 8.22. The van der Waals surface area contributed by atoms with Gasteiger partial charge in [-0.15, -0.1) is 0 Å². The van der Waals surface area contributed by atoms with Crippen molar-refractivity contribution < 1.29 is 4.79 Å². The van der Waals surface area contributed by atoms with Crippen molar-refractivity contribution in [2.24, 2.45) is 0 Å². The lowest BCUT2D eigenvalue weighted by atomic mass is 9.86. The number of benzene rings is 2. The fourth-order valence-electron chi connectivity index (χ4n) is 2.51. The van der Waals surface area contributed by atoms with E-state index in [9.17, 15) is 4.79 Å². The highest BCUT2D eigenvalue weighted by Gasteiger charge is 2.13. The predicted octanol–water partition coefficient (Wildman–Crippen LogP) is 5.17. The third-order valence-corrected chi connectivity index (χ3v) is 4.13. The second-order valence-corrected chi connectivity index (χ2v) is 7.31. The summed E-state index contributed by atoms with van der Waals surface area (Å²) in [5, 5.41) is 3.02. The van der Waals surface area contributed by atoms with Crippen molar-refractivity contribution in [3.63, 3.8) is 0 Å². The monoisotopic (exact) mass is 309 g/mol. The van der Waals surface area contributed by atoms with Gasteiger partial charge in [-0.2, -0.15) is 0 Å². The minimum atomic E-state index is 0.0681. The van der Waals surface area contributed by atoms with Gasteiger partial charge in [0, 0.05) is 12.1 Å². The lowest BCUT2D eigenvalue weighted by molar-refractivity contribution is -0.116. The van der Waals surface area contributed by atoms with Crippen molar-refractivity contribution in [3.8, 4) is 0 Å². The second kappa shape index (κ2) is 6.99. The zero-order valence-electron chi connectivity index (χ0n) is 14.9. The van der Waals surface area contributed by atoms with Crippen LogP contribution < -0.4 is 5.32 Å². The normalized spacial score (nSPS) is 11.3. The molecule has 0 radical (unpaired) electrons. The average molecular weight is 309 g/mol. The summed E-state index contributed by atoms with van der Waals surface area (Å²) in [5.74, 6) is 0.0681. The molecule has 0 atom stereocenters. The summed E-state index contributed by atoms with van der Waals surface area (Å²) >= 11 is 0. The first-order valence-electron chi connectivity index (χ1n) is 8.22. The highest BCUT2D eigenvalue weighted by Crippen LogP contribution is 2.22. The van der Waals surface area contributed by atoms with Gasteiger partial charge in [-0.3, -0.25) is 4.79 Å². The van der Waals surface area contributed by atoms with E-state index < -0.39 is 0 Å². The first kappa shape index (κ1) is 17.3. The Bertz CT molecular complexity index is 678. The van der Waals surface area contributed by atoms with Crippen LogP contribution in [0.15, 0.2) is 42.5 Å². The number of amides is 1. The molecule has 2 aromatic carbocycles. The Labute approximate surface area is 139 Å². The van der Waals surface area contributed by atoms with Gasteiger partial charge in [0.15, 0.2) is 0 Å². The Hall–Kier alpha value is -2.09. The predicted molar refractivity (Wildman–Crippen MR) is 98.0 cm³/mol. The fraction of sp³-hybridized carbons (Fsp3) is 0.381. The molecule has 1 N–H and O–H groups in total. The maximum atomic E-state index is 12.2. The summed E-state index contributed by atoms with van der Waals surface area (Å²) in [5.41, 5.74) is 5.86. The lowest BCUT2D eigenvalue weighted by Gasteiger charge is -2.19. The smallest absolute Gasteiger partial charge is 0.224 e. The molecule has 0 bridgehead atoms. The molecule has 0 aromatic heterocycles. The summed E-state index contributed by atoms with van der Waals surface area (Å²) in [7, 11) is 0. The Morgan fingerprint density at radius 3 is 2.26 bits per heavy atom. The fourth-order valence-corrected chi connectivity index (χ4v) is 2.51. The van der Waals surface area contributed by atoms with Crippen molar-refractivity contribution >= 4 is 11.6 Å². The van der Waals surface area contributed by atoms with Gasteiger partial charge in [-0.05, 0) is 54.0 Å². The molecule has 2 rings (SSSR count). The van der Waals surface area contributed by atoms with Crippen LogP contribution >= 0.6 is 0 Å². The van der Waals surface area contributed by atoms with Crippen LogP contribution in [0.4, 0.5) is 5.69 Å². The molecule has 0 unspecified atom stereocenters. The van der Waals surface area contributed by atoms with Crippen LogP contribution in [0.25, 0.3) is 0 Å². The molecule has 0 fully saturated rings. The molecule has 2 heteroatoms. The van der Waals surface area contributed by atoms with E-state index in [0.717, 1.165) is 23.2 Å².